The molecular weight excluding hydrogens is 282 g/mol. The summed E-state index contributed by atoms with van der Waals surface area (Å²) in [5, 5.41) is 0. The van der Waals surface area contributed by atoms with E-state index in [1.807, 2.05) is 0 Å². The van der Waals surface area contributed by atoms with Crippen LogP contribution in [0.3, 0.4) is 0 Å². The Hall–Kier alpha value is -1.28. The number of hydrogen-bond acceptors (Lipinski definition) is 2. The molecule has 0 spiro atoms. The highest BCUT2D eigenvalue weighted by Crippen LogP contribution is 2.74. The zero-order valence-corrected chi connectivity index (χ0v) is 13.9. The van der Waals surface area contributed by atoms with Crippen molar-refractivity contribution in [3.63, 3.8) is 0 Å². The summed E-state index contributed by atoms with van der Waals surface area (Å²) in [5.41, 5.74) is 2.99. The van der Waals surface area contributed by atoms with E-state index >= 15 is 0 Å². The molecular formula is C21H27NO. The number of benzene rings is 1. The third-order valence-corrected chi connectivity index (χ3v) is 6.64. The van der Waals surface area contributed by atoms with Gasteiger partial charge in [-0.3, -0.25) is 4.90 Å². The molecule has 1 aromatic carbocycles. The van der Waals surface area contributed by atoms with E-state index in [1.165, 1.54) is 56.5 Å². The van der Waals surface area contributed by atoms with Crippen LogP contribution >= 0.6 is 0 Å². The molecule has 1 saturated heterocycles. The SMILES string of the molecule is c1ccc(C(OCCN2CCCCC2)=C2C3CC4C(C3)C24)cc1. The Balaban J connectivity index is 1.33. The maximum absolute atomic E-state index is 6.45. The van der Waals surface area contributed by atoms with Gasteiger partial charge < -0.3 is 4.74 Å². The van der Waals surface area contributed by atoms with E-state index in [9.17, 15) is 0 Å². The molecule has 5 fully saturated rings. The largest absolute Gasteiger partial charge is 0.492 e. The first kappa shape index (κ1) is 14.1. The maximum atomic E-state index is 6.45. The minimum atomic E-state index is 0.834. The van der Waals surface area contributed by atoms with Crippen LogP contribution < -0.4 is 0 Å². The number of likely N-dealkylation sites (tertiary alicyclic amines) is 1. The lowest BCUT2D eigenvalue weighted by Crippen LogP contribution is -2.32. The van der Waals surface area contributed by atoms with Crippen molar-refractivity contribution in [3.05, 3.63) is 41.5 Å². The third-order valence-electron chi connectivity index (χ3n) is 6.64. The van der Waals surface area contributed by atoms with Crippen LogP contribution in [0.5, 0.6) is 0 Å². The van der Waals surface area contributed by atoms with Crippen molar-refractivity contribution in [2.24, 2.45) is 23.7 Å². The van der Waals surface area contributed by atoms with Crippen LogP contribution in [0.15, 0.2) is 35.9 Å². The van der Waals surface area contributed by atoms with Crippen molar-refractivity contribution in [2.75, 3.05) is 26.2 Å². The van der Waals surface area contributed by atoms with Gasteiger partial charge in [0, 0.05) is 12.1 Å². The van der Waals surface area contributed by atoms with Crippen molar-refractivity contribution in [1.82, 2.24) is 4.90 Å². The van der Waals surface area contributed by atoms with Gasteiger partial charge in [-0.25, -0.2) is 0 Å². The van der Waals surface area contributed by atoms with Crippen LogP contribution in [0.4, 0.5) is 0 Å². The van der Waals surface area contributed by atoms with Crippen molar-refractivity contribution in [1.29, 1.82) is 0 Å². The van der Waals surface area contributed by atoms with Gasteiger partial charge in [0.25, 0.3) is 0 Å². The third kappa shape index (κ3) is 2.42. The summed E-state index contributed by atoms with van der Waals surface area (Å²) in [6.45, 7) is 4.46. The first-order chi connectivity index (χ1) is 11.4. The van der Waals surface area contributed by atoms with Crippen LogP contribution in [0.25, 0.3) is 5.76 Å². The van der Waals surface area contributed by atoms with E-state index in [-0.39, 0.29) is 0 Å². The fourth-order valence-electron chi connectivity index (χ4n) is 5.55. The summed E-state index contributed by atoms with van der Waals surface area (Å²) in [6, 6.07) is 10.9. The van der Waals surface area contributed by atoms with Crippen LogP contribution in [0.2, 0.25) is 0 Å². The molecule has 1 heterocycles. The molecule has 4 bridgehead atoms. The molecule has 1 aliphatic heterocycles. The van der Waals surface area contributed by atoms with Crippen molar-refractivity contribution >= 4 is 5.76 Å². The van der Waals surface area contributed by atoms with E-state index < -0.39 is 0 Å². The number of hydrogen-bond donors (Lipinski definition) is 0. The molecule has 4 aliphatic carbocycles. The van der Waals surface area contributed by atoms with E-state index in [4.69, 9.17) is 4.74 Å². The van der Waals surface area contributed by atoms with Gasteiger partial charge in [0.15, 0.2) is 0 Å². The Morgan fingerprint density at radius 3 is 2.39 bits per heavy atom. The van der Waals surface area contributed by atoms with Gasteiger partial charge in [0.2, 0.25) is 0 Å². The number of piperidine rings is 1. The van der Waals surface area contributed by atoms with Crippen LogP contribution in [0, 0.1) is 23.7 Å². The van der Waals surface area contributed by atoms with Gasteiger partial charge in [-0.15, -0.1) is 0 Å². The molecule has 4 saturated carbocycles. The molecule has 0 amide bonds. The Morgan fingerprint density at radius 2 is 1.74 bits per heavy atom. The van der Waals surface area contributed by atoms with Gasteiger partial charge in [-0.1, -0.05) is 36.8 Å². The van der Waals surface area contributed by atoms with E-state index in [0.29, 0.717) is 0 Å². The second-order valence-electron chi connectivity index (χ2n) is 7.92. The Morgan fingerprint density at radius 1 is 1.00 bits per heavy atom. The molecule has 122 valence electrons. The lowest BCUT2D eigenvalue weighted by atomic mass is 10.0. The predicted octanol–water partition coefficient (Wildman–Crippen LogP) is 4.19. The molecule has 5 aliphatic rings. The lowest BCUT2D eigenvalue weighted by Gasteiger charge is -2.27. The summed E-state index contributed by atoms with van der Waals surface area (Å²) in [7, 11) is 0. The second kappa shape index (κ2) is 5.66. The monoisotopic (exact) mass is 309 g/mol. The zero-order chi connectivity index (χ0) is 15.2. The average Bonchev–Trinajstić information content (AvgIpc) is 2.99. The first-order valence-corrected chi connectivity index (χ1v) is 9.56. The van der Waals surface area contributed by atoms with Crippen molar-refractivity contribution < 1.29 is 4.74 Å². The maximum Gasteiger partial charge on any atom is 0.126 e. The van der Waals surface area contributed by atoms with Gasteiger partial charge in [0.1, 0.15) is 12.4 Å². The second-order valence-corrected chi connectivity index (χ2v) is 7.92. The van der Waals surface area contributed by atoms with Crippen LogP contribution in [-0.4, -0.2) is 31.1 Å². The quantitative estimate of drug-likeness (QED) is 0.756. The highest BCUT2D eigenvalue weighted by atomic mass is 16.5. The number of rotatable bonds is 5. The van der Waals surface area contributed by atoms with Crippen LogP contribution in [-0.2, 0) is 4.74 Å². The zero-order valence-electron chi connectivity index (χ0n) is 13.9. The molecule has 6 rings (SSSR count). The average molecular weight is 309 g/mol. The topological polar surface area (TPSA) is 12.5 Å². The molecule has 0 aromatic heterocycles. The van der Waals surface area contributed by atoms with Crippen LogP contribution in [0.1, 0.15) is 37.7 Å². The highest BCUT2D eigenvalue weighted by Gasteiger charge is 2.66. The van der Waals surface area contributed by atoms with E-state index in [1.54, 1.807) is 5.57 Å². The Bertz CT molecular complexity index is 586. The summed E-state index contributed by atoms with van der Waals surface area (Å²) in [5.74, 6) is 4.99. The van der Waals surface area contributed by atoms with E-state index in [2.05, 4.69) is 35.2 Å². The van der Waals surface area contributed by atoms with Gasteiger partial charge in [-0.2, -0.15) is 0 Å². The molecule has 2 unspecified atom stereocenters. The highest BCUT2D eigenvalue weighted by molar-refractivity contribution is 5.67. The summed E-state index contributed by atoms with van der Waals surface area (Å²) >= 11 is 0. The lowest BCUT2D eigenvalue weighted by molar-refractivity contribution is 0.168. The number of ether oxygens (including phenoxy) is 1. The molecule has 1 aromatic rings. The minimum absolute atomic E-state index is 0.834. The van der Waals surface area contributed by atoms with Crippen molar-refractivity contribution in [3.8, 4) is 0 Å². The Labute approximate surface area is 139 Å². The van der Waals surface area contributed by atoms with Crippen molar-refractivity contribution in [2.45, 2.75) is 32.1 Å². The molecule has 2 heteroatoms. The molecule has 0 radical (unpaired) electrons. The molecule has 2 nitrogen and oxygen atoms in total. The molecule has 2 atom stereocenters. The normalized spacial score (nSPS) is 37.0. The summed E-state index contributed by atoms with van der Waals surface area (Å²) < 4.78 is 6.45. The number of allylic oxidation sites excluding steroid dienone is 1. The fraction of sp³-hybridized carbons (Fsp3) is 0.619. The fourth-order valence-corrected chi connectivity index (χ4v) is 5.55. The summed E-state index contributed by atoms with van der Waals surface area (Å²) in [4.78, 5) is 2.57. The number of nitrogens with zero attached hydrogens (tertiary/aromatic N) is 1. The standard InChI is InChI=1S/C21H27NO/c1-3-7-15(8-4-1)21(19-16-13-17-18(14-16)20(17)19)23-12-11-22-9-5-2-6-10-22/h1,3-4,7-8,16-18,20H,2,5-6,9-14H2. The van der Waals surface area contributed by atoms with Gasteiger partial charge in [-0.05, 0) is 68.0 Å². The minimum Gasteiger partial charge on any atom is -0.492 e. The van der Waals surface area contributed by atoms with Gasteiger partial charge >= 0.3 is 0 Å². The smallest absolute Gasteiger partial charge is 0.126 e. The molecule has 0 N–H and O–H groups in total. The van der Waals surface area contributed by atoms with Gasteiger partial charge in [0.05, 0.1) is 0 Å². The first-order valence-electron chi connectivity index (χ1n) is 9.56. The van der Waals surface area contributed by atoms with E-state index in [0.717, 1.165) is 36.8 Å². The summed E-state index contributed by atoms with van der Waals surface area (Å²) in [6.07, 6.45) is 7.01. The Kier molecular flexibility index (Phi) is 3.47. The predicted molar refractivity (Wildman–Crippen MR) is 92.8 cm³/mol. The molecule has 23 heavy (non-hydrogen) atoms.